The van der Waals surface area contributed by atoms with Crippen LogP contribution in [0.4, 0.5) is 8.78 Å². The van der Waals surface area contributed by atoms with Gasteiger partial charge in [-0.05, 0) is 0 Å². The quantitative estimate of drug-likeness (QED) is 0.520. The molecule has 0 radical (unpaired) electrons. The summed E-state index contributed by atoms with van der Waals surface area (Å²) in [7, 11) is 0. The first kappa shape index (κ1) is 6.61. The van der Waals surface area contributed by atoms with Crippen molar-refractivity contribution in [3.63, 3.8) is 0 Å². The largest absolute Gasteiger partial charge is 0.303 e. The number of aldehydes is 1. The minimum atomic E-state index is -2.82. The zero-order valence-electron chi connectivity index (χ0n) is 4.73. The number of nitrogens with one attached hydrogen (secondary N) is 1. The van der Waals surface area contributed by atoms with Gasteiger partial charge in [0.05, 0.1) is 0 Å². The van der Waals surface area contributed by atoms with Crippen LogP contribution in [0.25, 0.3) is 0 Å². The summed E-state index contributed by atoms with van der Waals surface area (Å²) in [6, 6.07) is -1.25. The van der Waals surface area contributed by atoms with E-state index in [2.05, 4.69) is 5.32 Å². The fourth-order valence-electron chi connectivity index (χ4n) is 0.847. The van der Waals surface area contributed by atoms with Gasteiger partial charge in [-0.3, -0.25) is 0 Å². The van der Waals surface area contributed by atoms with Gasteiger partial charge in [0.1, 0.15) is 12.3 Å². The molecular formula is C5H7F2NO. The van der Waals surface area contributed by atoms with E-state index in [1.165, 1.54) is 0 Å². The van der Waals surface area contributed by atoms with E-state index in [1.807, 2.05) is 0 Å². The third-order valence-electron chi connectivity index (χ3n) is 1.41. The molecular weight excluding hydrogens is 128 g/mol. The molecule has 1 atom stereocenters. The van der Waals surface area contributed by atoms with Crippen LogP contribution in [0.5, 0.6) is 0 Å². The van der Waals surface area contributed by atoms with Gasteiger partial charge in [-0.1, -0.05) is 0 Å². The molecule has 1 aliphatic rings. The maximum atomic E-state index is 12.3. The SMILES string of the molecule is O=CC1NCCC1(F)F. The first-order valence-electron chi connectivity index (χ1n) is 2.73. The Bertz CT molecular complexity index is 126. The number of alkyl halides is 2. The molecule has 1 unspecified atom stereocenters. The molecule has 4 heteroatoms. The van der Waals surface area contributed by atoms with Crippen LogP contribution in [-0.2, 0) is 4.79 Å². The second-order valence-electron chi connectivity index (χ2n) is 2.08. The van der Waals surface area contributed by atoms with Gasteiger partial charge in [0.2, 0.25) is 0 Å². The average molecular weight is 135 g/mol. The van der Waals surface area contributed by atoms with Crippen LogP contribution in [0, 0.1) is 0 Å². The van der Waals surface area contributed by atoms with Crippen LogP contribution >= 0.6 is 0 Å². The number of hydrogen-bond donors (Lipinski definition) is 1. The molecule has 0 spiro atoms. The summed E-state index contributed by atoms with van der Waals surface area (Å²) < 4.78 is 24.6. The lowest BCUT2D eigenvalue weighted by Crippen LogP contribution is -2.36. The molecule has 0 amide bonds. The van der Waals surface area contributed by atoms with Gasteiger partial charge in [-0.2, -0.15) is 0 Å². The highest BCUT2D eigenvalue weighted by Crippen LogP contribution is 2.25. The monoisotopic (exact) mass is 135 g/mol. The van der Waals surface area contributed by atoms with E-state index in [4.69, 9.17) is 0 Å². The van der Waals surface area contributed by atoms with E-state index in [1.54, 1.807) is 0 Å². The van der Waals surface area contributed by atoms with Crippen molar-refractivity contribution < 1.29 is 13.6 Å². The Morgan fingerprint density at radius 3 is 2.56 bits per heavy atom. The van der Waals surface area contributed by atoms with Crippen LogP contribution in [0.1, 0.15) is 6.42 Å². The molecule has 9 heavy (non-hydrogen) atoms. The van der Waals surface area contributed by atoms with Gasteiger partial charge in [0, 0.05) is 13.0 Å². The second kappa shape index (κ2) is 2.02. The van der Waals surface area contributed by atoms with Gasteiger partial charge in [-0.15, -0.1) is 0 Å². The highest BCUT2D eigenvalue weighted by molar-refractivity contribution is 5.60. The van der Waals surface area contributed by atoms with Crippen molar-refractivity contribution in [3.05, 3.63) is 0 Å². The molecule has 1 rings (SSSR count). The van der Waals surface area contributed by atoms with Gasteiger partial charge in [0.25, 0.3) is 5.92 Å². The standard InChI is InChI=1S/C5H7F2NO/c6-5(7)1-2-8-4(5)3-9/h3-4,8H,1-2H2. The number of carbonyl (C=O) groups excluding carboxylic acids is 1. The molecule has 0 saturated carbocycles. The number of hydrogen-bond acceptors (Lipinski definition) is 2. The Labute approximate surface area is 51.2 Å². The predicted octanol–water partition coefficient (Wildman–Crippen LogP) is 0.182. The summed E-state index contributed by atoms with van der Waals surface area (Å²) in [4.78, 5) is 9.88. The summed E-state index contributed by atoms with van der Waals surface area (Å²) in [5.74, 6) is -2.82. The van der Waals surface area contributed by atoms with Gasteiger partial charge in [0.15, 0.2) is 0 Å². The third kappa shape index (κ3) is 1.08. The fourth-order valence-corrected chi connectivity index (χ4v) is 0.847. The average Bonchev–Trinajstić information content (AvgIpc) is 2.08. The molecule has 0 aromatic carbocycles. The first-order chi connectivity index (χ1) is 4.17. The number of rotatable bonds is 1. The van der Waals surface area contributed by atoms with Crippen LogP contribution in [0.2, 0.25) is 0 Å². The van der Waals surface area contributed by atoms with Gasteiger partial charge < -0.3 is 10.1 Å². The fraction of sp³-hybridized carbons (Fsp3) is 0.800. The van der Waals surface area contributed by atoms with Crippen LogP contribution < -0.4 is 5.32 Å². The van der Waals surface area contributed by atoms with Crippen LogP contribution in [0.3, 0.4) is 0 Å². The van der Waals surface area contributed by atoms with Crippen LogP contribution in [0.15, 0.2) is 0 Å². The Hall–Kier alpha value is -0.510. The van der Waals surface area contributed by atoms with Crippen molar-refractivity contribution in [2.75, 3.05) is 6.54 Å². The Balaban J connectivity index is 2.62. The Kier molecular flexibility index (Phi) is 1.48. The Morgan fingerprint density at radius 2 is 2.33 bits per heavy atom. The maximum Gasteiger partial charge on any atom is 0.271 e. The molecule has 1 aliphatic heterocycles. The summed E-state index contributed by atoms with van der Waals surface area (Å²) in [6.45, 7) is 0.233. The zero-order chi connectivity index (χ0) is 6.91. The highest BCUT2D eigenvalue weighted by Gasteiger charge is 2.43. The molecule has 0 aromatic heterocycles. The van der Waals surface area contributed by atoms with Crippen LogP contribution in [-0.4, -0.2) is 24.8 Å². The maximum absolute atomic E-state index is 12.3. The zero-order valence-corrected chi connectivity index (χ0v) is 4.73. The minimum absolute atomic E-state index is 0.226. The highest BCUT2D eigenvalue weighted by atomic mass is 19.3. The lowest BCUT2D eigenvalue weighted by atomic mass is 10.2. The predicted molar refractivity (Wildman–Crippen MR) is 27.4 cm³/mol. The molecule has 1 N–H and O–H groups in total. The van der Waals surface area contributed by atoms with E-state index < -0.39 is 12.0 Å². The molecule has 0 aliphatic carbocycles. The second-order valence-corrected chi connectivity index (χ2v) is 2.08. The molecule has 1 saturated heterocycles. The van der Waals surface area contributed by atoms with E-state index in [0.29, 0.717) is 0 Å². The molecule has 0 aromatic rings. The first-order valence-corrected chi connectivity index (χ1v) is 2.73. The van der Waals surface area contributed by atoms with Crippen molar-refractivity contribution in [1.29, 1.82) is 0 Å². The number of halogens is 2. The molecule has 2 nitrogen and oxygen atoms in total. The molecule has 0 bridgehead atoms. The van der Waals surface area contributed by atoms with E-state index in [-0.39, 0.29) is 19.3 Å². The third-order valence-corrected chi connectivity index (χ3v) is 1.41. The topological polar surface area (TPSA) is 29.1 Å². The smallest absolute Gasteiger partial charge is 0.271 e. The summed E-state index contributed by atoms with van der Waals surface area (Å²) in [5.41, 5.74) is 0. The van der Waals surface area contributed by atoms with Crippen molar-refractivity contribution in [1.82, 2.24) is 5.32 Å². The van der Waals surface area contributed by atoms with Crippen molar-refractivity contribution in [2.45, 2.75) is 18.4 Å². The van der Waals surface area contributed by atoms with E-state index >= 15 is 0 Å². The van der Waals surface area contributed by atoms with E-state index in [9.17, 15) is 13.6 Å². The molecule has 52 valence electrons. The molecule has 1 heterocycles. The summed E-state index contributed by atoms with van der Waals surface area (Å²) in [5, 5.41) is 2.38. The van der Waals surface area contributed by atoms with Crippen molar-refractivity contribution in [2.24, 2.45) is 0 Å². The summed E-state index contributed by atoms with van der Waals surface area (Å²) >= 11 is 0. The minimum Gasteiger partial charge on any atom is -0.303 e. The van der Waals surface area contributed by atoms with Crippen molar-refractivity contribution in [3.8, 4) is 0 Å². The van der Waals surface area contributed by atoms with Crippen molar-refractivity contribution >= 4 is 6.29 Å². The Morgan fingerprint density at radius 1 is 1.67 bits per heavy atom. The van der Waals surface area contributed by atoms with Gasteiger partial charge >= 0.3 is 0 Å². The lowest BCUT2D eigenvalue weighted by Gasteiger charge is -2.10. The lowest BCUT2D eigenvalue weighted by molar-refractivity contribution is -0.116. The van der Waals surface area contributed by atoms with Gasteiger partial charge in [-0.25, -0.2) is 8.78 Å². The number of carbonyl (C=O) groups is 1. The normalized spacial score (nSPS) is 32.4. The van der Waals surface area contributed by atoms with E-state index in [0.717, 1.165) is 0 Å². The molecule has 1 fully saturated rings. The summed E-state index contributed by atoms with van der Waals surface area (Å²) in [6.07, 6.45) is 0.0312.